The Labute approximate surface area is 102 Å². The molecule has 0 aliphatic heterocycles. The van der Waals surface area contributed by atoms with E-state index in [0.717, 1.165) is 12.2 Å². The zero-order valence-corrected chi connectivity index (χ0v) is 10.0. The van der Waals surface area contributed by atoms with Gasteiger partial charge in [0.1, 0.15) is 5.75 Å². The molecule has 2 bridgehead atoms. The van der Waals surface area contributed by atoms with Gasteiger partial charge in [-0.05, 0) is 25.0 Å². The summed E-state index contributed by atoms with van der Waals surface area (Å²) in [6.45, 7) is 2.78. The average Bonchev–Trinajstić information content (AvgIpc) is 2.84. The minimum atomic E-state index is -0.166. The molecule has 2 nitrogen and oxygen atoms in total. The number of aryl methyl sites for hydroxylation is 1. The highest BCUT2D eigenvalue weighted by Gasteiger charge is 2.43. The number of aliphatic hydroxyl groups excluding tert-OH is 1. The fourth-order valence-electron chi connectivity index (χ4n) is 3.04. The van der Waals surface area contributed by atoms with E-state index in [0.29, 0.717) is 24.4 Å². The van der Waals surface area contributed by atoms with Crippen molar-refractivity contribution in [2.75, 3.05) is 6.61 Å². The van der Waals surface area contributed by atoms with Gasteiger partial charge in [0.2, 0.25) is 0 Å². The molecule has 0 radical (unpaired) electrons. The summed E-state index contributed by atoms with van der Waals surface area (Å²) in [5.41, 5.74) is 1.17. The molecule has 4 unspecified atom stereocenters. The predicted octanol–water partition coefficient (Wildman–Crippen LogP) is 2.56. The second-order valence-corrected chi connectivity index (χ2v) is 5.19. The molecule has 1 aromatic rings. The molecule has 1 N–H and O–H groups in total. The van der Waals surface area contributed by atoms with Crippen molar-refractivity contribution in [1.29, 1.82) is 0 Å². The molecule has 0 saturated heterocycles. The Morgan fingerprint density at radius 2 is 2.12 bits per heavy atom. The Kier molecular flexibility index (Phi) is 2.67. The summed E-state index contributed by atoms with van der Waals surface area (Å²) >= 11 is 0. The van der Waals surface area contributed by atoms with E-state index in [1.165, 1.54) is 5.56 Å². The minimum absolute atomic E-state index is 0.166. The van der Waals surface area contributed by atoms with Crippen molar-refractivity contribution >= 4 is 0 Å². The highest BCUT2D eigenvalue weighted by atomic mass is 16.5. The van der Waals surface area contributed by atoms with Crippen molar-refractivity contribution < 1.29 is 9.84 Å². The van der Waals surface area contributed by atoms with Crippen LogP contribution in [0.15, 0.2) is 36.4 Å². The highest BCUT2D eigenvalue weighted by Crippen LogP contribution is 2.43. The highest BCUT2D eigenvalue weighted by molar-refractivity contribution is 5.31. The standard InChI is InChI=1S/C15H18O2/c1-10-4-2-3-5-14(10)17-9-12-8-11-6-7-13(12)15(11)16/h2-7,11-13,15-16H,8-9H2,1H3. The zero-order chi connectivity index (χ0) is 11.8. The van der Waals surface area contributed by atoms with Crippen LogP contribution in [0.25, 0.3) is 0 Å². The first-order valence-corrected chi connectivity index (χ1v) is 6.30. The normalized spacial score (nSPS) is 34.2. The number of benzene rings is 1. The van der Waals surface area contributed by atoms with Crippen LogP contribution in [0.2, 0.25) is 0 Å². The number of rotatable bonds is 3. The first kappa shape index (κ1) is 10.8. The van der Waals surface area contributed by atoms with Gasteiger partial charge in [0.15, 0.2) is 0 Å². The van der Waals surface area contributed by atoms with Gasteiger partial charge in [0, 0.05) is 17.8 Å². The smallest absolute Gasteiger partial charge is 0.122 e. The third-order valence-electron chi connectivity index (χ3n) is 4.08. The first-order valence-electron chi connectivity index (χ1n) is 6.30. The fourth-order valence-corrected chi connectivity index (χ4v) is 3.04. The van der Waals surface area contributed by atoms with Gasteiger partial charge in [-0.2, -0.15) is 0 Å². The summed E-state index contributed by atoms with van der Waals surface area (Å²) in [7, 11) is 0. The van der Waals surface area contributed by atoms with Crippen LogP contribution in [0.4, 0.5) is 0 Å². The van der Waals surface area contributed by atoms with E-state index in [4.69, 9.17) is 4.74 Å². The molecule has 0 aromatic heterocycles. The molecule has 90 valence electrons. The molecule has 1 aromatic carbocycles. The molecule has 2 heteroatoms. The van der Waals surface area contributed by atoms with Crippen LogP contribution in [-0.4, -0.2) is 17.8 Å². The lowest BCUT2D eigenvalue weighted by molar-refractivity contribution is 0.121. The Morgan fingerprint density at radius 3 is 2.76 bits per heavy atom. The van der Waals surface area contributed by atoms with Crippen molar-refractivity contribution in [1.82, 2.24) is 0 Å². The van der Waals surface area contributed by atoms with E-state index in [1.54, 1.807) is 0 Å². The lowest BCUT2D eigenvalue weighted by atomic mass is 9.94. The summed E-state index contributed by atoms with van der Waals surface area (Å²) in [5.74, 6) is 2.11. The van der Waals surface area contributed by atoms with E-state index in [1.807, 2.05) is 18.2 Å². The summed E-state index contributed by atoms with van der Waals surface area (Å²) in [4.78, 5) is 0. The molecule has 4 atom stereocenters. The Bertz CT molecular complexity index is 438. The van der Waals surface area contributed by atoms with E-state index in [2.05, 4.69) is 25.1 Å². The molecule has 0 heterocycles. The maximum absolute atomic E-state index is 9.93. The van der Waals surface area contributed by atoms with E-state index < -0.39 is 0 Å². The summed E-state index contributed by atoms with van der Waals surface area (Å²) in [6.07, 6.45) is 5.21. The van der Waals surface area contributed by atoms with Gasteiger partial charge in [-0.3, -0.25) is 0 Å². The Balaban J connectivity index is 1.63. The van der Waals surface area contributed by atoms with E-state index in [-0.39, 0.29) is 6.10 Å². The second kappa shape index (κ2) is 4.19. The third-order valence-corrected chi connectivity index (χ3v) is 4.08. The van der Waals surface area contributed by atoms with Crippen LogP contribution in [0.3, 0.4) is 0 Å². The lowest BCUT2D eigenvalue weighted by Gasteiger charge is -2.19. The van der Waals surface area contributed by atoms with Gasteiger partial charge in [0.25, 0.3) is 0 Å². The molecular formula is C15H18O2. The molecule has 17 heavy (non-hydrogen) atoms. The van der Waals surface area contributed by atoms with Crippen LogP contribution in [0.1, 0.15) is 12.0 Å². The average molecular weight is 230 g/mol. The maximum atomic E-state index is 9.93. The van der Waals surface area contributed by atoms with Crippen LogP contribution in [0.5, 0.6) is 5.75 Å². The van der Waals surface area contributed by atoms with Crippen molar-refractivity contribution in [3.8, 4) is 5.75 Å². The van der Waals surface area contributed by atoms with Crippen LogP contribution in [0, 0.1) is 24.7 Å². The van der Waals surface area contributed by atoms with Gasteiger partial charge in [-0.25, -0.2) is 0 Å². The van der Waals surface area contributed by atoms with E-state index in [9.17, 15) is 5.11 Å². The van der Waals surface area contributed by atoms with Gasteiger partial charge in [-0.1, -0.05) is 30.4 Å². The van der Waals surface area contributed by atoms with Crippen LogP contribution < -0.4 is 4.74 Å². The monoisotopic (exact) mass is 230 g/mol. The third kappa shape index (κ3) is 1.87. The number of para-hydroxylation sites is 1. The zero-order valence-electron chi connectivity index (χ0n) is 10.0. The van der Waals surface area contributed by atoms with Crippen molar-refractivity contribution in [3.63, 3.8) is 0 Å². The van der Waals surface area contributed by atoms with Crippen LogP contribution >= 0.6 is 0 Å². The number of ether oxygens (including phenoxy) is 1. The molecular weight excluding hydrogens is 212 g/mol. The topological polar surface area (TPSA) is 29.5 Å². The van der Waals surface area contributed by atoms with Gasteiger partial charge >= 0.3 is 0 Å². The molecule has 2 aliphatic rings. The summed E-state index contributed by atoms with van der Waals surface area (Å²) < 4.78 is 5.88. The lowest BCUT2D eigenvalue weighted by Crippen LogP contribution is -2.20. The second-order valence-electron chi connectivity index (χ2n) is 5.19. The number of hydrogen-bond acceptors (Lipinski definition) is 2. The SMILES string of the molecule is Cc1ccccc1OCC1CC2C=CC1C2O. The van der Waals surface area contributed by atoms with Crippen molar-refractivity contribution in [3.05, 3.63) is 42.0 Å². The van der Waals surface area contributed by atoms with Crippen molar-refractivity contribution in [2.45, 2.75) is 19.4 Å². The van der Waals surface area contributed by atoms with Crippen LogP contribution in [-0.2, 0) is 0 Å². The molecule has 2 aliphatic carbocycles. The van der Waals surface area contributed by atoms with Gasteiger partial charge in [0.05, 0.1) is 12.7 Å². The number of aliphatic hydroxyl groups is 1. The fraction of sp³-hybridized carbons (Fsp3) is 0.467. The summed E-state index contributed by atoms with van der Waals surface area (Å²) in [6, 6.07) is 8.09. The number of fused-ring (bicyclic) bond motifs is 2. The molecule has 3 rings (SSSR count). The van der Waals surface area contributed by atoms with Crippen molar-refractivity contribution in [2.24, 2.45) is 17.8 Å². The Morgan fingerprint density at radius 1 is 1.29 bits per heavy atom. The number of hydrogen-bond donors (Lipinski definition) is 1. The maximum Gasteiger partial charge on any atom is 0.122 e. The van der Waals surface area contributed by atoms with Gasteiger partial charge in [-0.15, -0.1) is 0 Å². The largest absolute Gasteiger partial charge is 0.493 e. The van der Waals surface area contributed by atoms with Gasteiger partial charge < -0.3 is 9.84 Å². The molecule has 1 fully saturated rings. The molecule has 0 amide bonds. The quantitative estimate of drug-likeness (QED) is 0.809. The molecule has 1 saturated carbocycles. The summed E-state index contributed by atoms with van der Waals surface area (Å²) in [5, 5.41) is 9.93. The Hall–Kier alpha value is -1.28. The first-order chi connectivity index (χ1) is 8.25. The van der Waals surface area contributed by atoms with E-state index >= 15 is 0 Å². The minimum Gasteiger partial charge on any atom is -0.493 e. The molecule has 0 spiro atoms. The predicted molar refractivity (Wildman–Crippen MR) is 66.9 cm³/mol.